The summed E-state index contributed by atoms with van der Waals surface area (Å²) in [5.41, 5.74) is 2.76. The van der Waals surface area contributed by atoms with E-state index in [4.69, 9.17) is 4.98 Å². The van der Waals surface area contributed by atoms with E-state index in [0.717, 1.165) is 25.8 Å². The van der Waals surface area contributed by atoms with E-state index in [0.29, 0.717) is 0 Å². The van der Waals surface area contributed by atoms with Crippen molar-refractivity contribution in [3.8, 4) is 0 Å². The smallest absolute Gasteiger partial charge is 0.108 e. The van der Waals surface area contributed by atoms with Gasteiger partial charge in [0.1, 0.15) is 5.82 Å². The molecule has 2 heteroatoms. The second kappa shape index (κ2) is 23.3. The summed E-state index contributed by atoms with van der Waals surface area (Å²) in [6.07, 6.45) is 35.1. The largest absolute Gasteiger partial charge is 0.335 e. The molecule has 0 saturated heterocycles. The SMILES string of the molecule is CCCCCCCCCCCCCCCCc1nc(CCCc2ccccc2)cn1CCCCCCCC. The predicted molar refractivity (Wildman–Crippen MR) is 168 cm³/mol. The topological polar surface area (TPSA) is 17.8 Å². The minimum absolute atomic E-state index is 1.10. The van der Waals surface area contributed by atoms with E-state index >= 15 is 0 Å². The van der Waals surface area contributed by atoms with Gasteiger partial charge in [0.15, 0.2) is 0 Å². The molecule has 0 fully saturated rings. The molecule has 2 aromatic rings. The first kappa shape index (κ1) is 32.6. The molecule has 0 aliphatic rings. The second-order valence-electron chi connectivity index (χ2n) is 11.8. The Morgan fingerprint density at radius 1 is 0.500 bits per heavy atom. The predicted octanol–water partition coefficient (Wildman–Crippen LogP) is 11.4. The number of nitrogens with zero attached hydrogens (tertiary/aromatic N) is 2. The first-order valence-electron chi connectivity index (χ1n) is 16.9. The molecule has 216 valence electrons. The van der Waals surface area contributed by atoms with Crippen LogP contribution in [0, 0.1) is 0 Å². The highest BCUT2D eigenvalue weighted by atomic mass is 15.1. The molecule has 0 atom stereocenters. The van der Waals surface area contributed by atoms with Crippen molar-refractivity contribution < 1.29 is 0 Å². The first-order chi connectivity index (χ1) is 18.8. The Hall–Kier alpha value is -1.57. The molecule has 0 saturated carbocycles. The molecule has 0 spiro atoms. The average Bonchev–Trinajstić information content (AvgIpc) is 3.32. The van der Waals surface area contributed by atoms with Gasteiger partial charge >= 0.3 is 0 Å². The Morgan fingerprint density at radius 2 is 1.00 bits per heavy atom. The van der Waals surface area contributed by atoms with Gasteiger partial charge in [0.05, 0.1) is 5.69 Å². The summed E-state index contributed by atoms with van der Waals surface area (Å²) in [5.74, 6) is 1.35. The minimum atomic E-state index is 1.10. The van der Waals surface area contributed by atoms with E-state index in [9.17, 15) is 0 Å². The van der Waals surface area contributed by atoms with Gasteiger partial charge in [-0.1, -0.05) is 160 Å². The number of aromatic nitrogens is 2. The fourth-order valence-electron chi connectivity index (χ4n) is 5.69. The number of benzene rings is 1. The van der Waals surface area contributed by atoms with E-state index < -0.39 is 0 Å². The van der Waals surface area contributed by atoms with E-state index in [1.165, 1.54) is 152 Å². The number of hydrogen-bond acceptors (Lipinski definition) is 1. The van der Waals surface area contributed by atoms with E-state index in [1.54, 1.807) is 0 Å². The van der Waals surface area contributed by atoms with Crippen molar-refractivity contribution in [3.05, 3.63) is 53.6 Å². The fourth-order valence-corrected chi connectivity index (χ4v) is 5.69. The number of rotatable bonds is 26. The molecule has 0 N–H and O–H groups in total. The normalized spacial score (nSPS) is 11.4. The Labute approximate surface area is 237 Å². The van der Waals surface area contributed by atoms with Gasteiger partial charge in [-0.2, -0.15) is 0 Å². The van der Waals surface area contributed by atoms with Crippen LogP contribution in [0.4, 0.5) is 0 Å². The van der Waals surface area contributed by atoms with Crippen molar-refractivity contribution in [2.75, 3.05) is 0 Å². The van der Waals surface area contributed by atoms with Gasteiger partial charge in [0.25, 0.3) is 0 Å². The van der Waals surface area contributed by atoms with Gasteiger partial charge in [-0.25, -0.2) is 4.98 Å². The van der Waals surface area contributed by atoms with Crippen LogP contribution in [0.15, 0.2) is 36.5 Å². The van der Waals surface area contributed by atoms with Crippen LogP contribution >= 0.6 is 0 Å². The van der Waals surface area contributed by atoms with Crippen LogP contribution in [-0.2, 0) is 25.8 Å². The van der Waals surface area contributed by atoms with Crippen LogP contribution in [0.3, 0.4) is 0 Å². The molecule has 0 bridgehead atoms. The molecule has 38 heavy (non-hydrogen) atoms. The maximum Gasteiger partial charge on any atom is 0.108 e. The Bertz CT molecular complexity index is 763. The summed E-state index contributed by atoms with van der Waals surface area (Å²) in [6, 6.07) is 10.9. The van der Waals surface area contributed by atoms with Crippen molar-refractivity contribution in [3.63, 3.8) is 0 Å². The van der Waals surface area contributed by atoms with Crippen LogP contribution in [-0.4, -0.2) is 9.55 Å². The van der Waals surface area contributed by atoms with Crippen molar-refractivity contribution in [1.82, 2.24) is 9.55 Å². The number of aryl methyl sites for hydroxylation is 4. The maximum atomic E-state index is 5.13. The van der Waals surface area contributed by atoms with Gasteiger partial charge in [0, 0.05) is 19.2 Å². The van der Waals surface area contributed by atoms with Crippen LogP contribution in [0.2, 0.25) is 0 Å². The molecule has 1 aromatic heterocycles. The van der Waals surface area contributed by atoms with Crippen molar-refractivity contribution in [1.29, 1.82) is 0 Å². The van der Waals surface area contributed by atoms with E-state index in [-0.39, 0.29) is 0 Å². The molecule has 2 rings (SSSR count). The summed E-state index contributed by atoms with van der Waals surface area (Å²) in [7, 11) is 0. The summed E-state index contributed by atoms with van der Waals surface area (Å²) in [4.78, 5) is 5.13. The van der Waals surface area contributed by atoms with Crippen molar-refractivity contribution >= 4 is 0 Å². The molecule has 1 aromatic carbocycles. The molecule has 0 radical (unpaired) electrons. The van der Waals surface area contributed by atoms with E-state index in [1.807, 2.05) is 0 Å². The third-order valence-electron chi connectivity index (χ3n) is 8.16. The molecule has 0 amide bonds. The van der Waals surface area contributed by atoms with Gasteiger partial charge in [-0.15, -0.1) is 0 Å². The number of hydrogen-bond donors (Lipinski definition) is 0. The fraction of sp³-hybridized carbons (Fsp3) is 0.750. The lowest BCUT2D eigenvalue weighted by Gasteiger charge is -2.08. The van der Waals surface area contributed by atoms with Crippen molar-refractivity contribution in [2.24, 2.45) is 0 Å². The molecular weight excluding hydrogens is 460 g/mol. The van der Waals surface area contributed by atoms with Gasteiger partial charge in [-0.3, -0.25) is 0 Å². The summed E-state index contributed by atoms with van der Waals surface area (Å²) >= 11 is 0. The third-order valence-corrected chi connectivity index (χ3v) is 8.16. The molecule has 2 nitrogen and oxygen atoms in total. The molecule has 1 heterocycles. The highest BCUT2D eigenvalue weighted by Crippen LogP contribution is 2.16. The highest BCUT2D eigenvalue weighted by molar-refractivity contribution is 5.15. The monoisotopic (exact) mass is 522 g/mol. The summed E-state index contributed by atoms with van der Waals surface area (Å²) in [5, 5.41) is 0. The number of imidazole rings is 1. The zero-order chi connectivity index (χ0) is 26.9. The van der Waals surface area contributed by atoms with Crippen LogP contribution in [0.1, 0.15) is 166 Å². The maximum absolute atomic E-state index is 5.13. The Morgan fingerprint density at radius 3 is 1.55 bits per heavy atom. The summed E-state index contributed by atoms with van der Waals surface area (Å²) < 4.78 is 2.51. The van der Waals surface area contributed by atoms with Crippen LogP contribution < -0.4 is 0 Å². The Balaban J connectivity index is 1.62. The van der Waals surface area contributed by atoms with E-state index in [2.05, 4.69) is 54.9 Å². The first-order valence-corrected chi connectivity index (χ1v) is 16.9. The third kappa shape index (κ3) is 16.4. The second-order valence-corrected chi connectivity index (χ2v) is 11.8. The Kier molecular flexibility index (Phi) is 20.0. The molecular formula is C36H62N2. The van der Waals surface area contributed by atoms with Gasteiger partial charge in [-0.05, 0) is 37.7 Å². The number of unbranched alkanes of at least 4 members (excludes halogenated alkanes) is 18. The lowest BCUT2D eigenvalue weighted by atomic mass is 10.0. The summed E-state index contributed by atoms with van der Waals surface area (Å²) in [6.45, 7) is 5.76. The van der Waals surface area contributed by atoms with Gasteiger partial charge in [0.2, 0.25) is 0 Å². The van der Waals surface area contributed by atoms with Gasteiger partial charge < -0.3 is 4.57 Å². The quantitative estimate of drug-likeness (QED) is 0.112. The zero-order valence-electron chi connectivity index (χ0n) is 25.5. The standard InChI is InChI=1S/C36H62N2/c1-3-5-7-9-11-12-13-14-15-16-17-18-19-24-31-36-37-35(30-26-29-34-27-22-21-23-28-34)33-38(36)32-25-20-10-8-6-4-2/h21-23,27-28,33H,3-20,24-26,29-32H2,1-2H3. The van der Waals surface area contributed by atoms with Crippen molar-refractivity contribution in [2.45, 2.75) is 174 Å². The lowest BCUT2D eigenvalue weighted by molar-refractivity contribution is 0.525. The minimum Gasteiger partial charge on any atom is -0.335 e. The van der Waals surface area contributed by atoms with Crippen LogP contribution in [0.25, 0.3) is 0 Å². The zero-order valence-corrected chi connectivity index (χ0v) is 25.5. The van der Waals surface area contributed by atoms with Crippen LogP contribution in [0.5, 0.6) is 0 Å². The lowest BCUT2D eigenvalue weighted by Crippen LogP contribution is -2.03. The average molecular weight is 523 g/mol. The molecule has 0 aliphatic carbocycles. The highest BCUT2D eigenvalue weighted by Gasteiger charge is 2.08. The molecule has 0 aliphatic heterocycles. The molecule has 0 unspecified atom stereocenters.